The van der Waals surface area contributed by atoms with Gasteiger partial charge < -0.3 is 4.90 Å². The molecule has 0 fully saturated rings. The van der Waals surface area contributed by atoms with E-state index in [1.165, 1.54) is 11.3 Å². The van der Waals surface area contributed by atoms with E-state index in [9.17, 15) is 4.79 Å². The first kappa shape index (κ1) is 15.9. The van der Waals surface area contributed by atoms with Gasteiger partial charge in [0.25, 0.3) is 0 Å². The SMILES string of the molecule is CCc1ccc(Cl)c(CC)c1N(Cc1nncs1)C(C)=O. The van der Waals surface area contributed by atoms with Gasteiger partial charge >= 0.3 is 0 Å². The molecule has 4 nitrogen and oxygen atoms in total. The summed E-state index contributed by atoms with van der Waals surface area (Å²) in [4.78, 5) is 13.9. The van der Waals surface area contributed by atoms with E-state index in [0.717, 1.165) is 34.7 Å². The van der Waals surface area contributed by atoms with Crippen molar-refractivity contribution in [2.75, 3.05) is 4.90 Å². The number of carbonyl (C=O) groups is 1. The van der Waals surface area contributed by atoms with E-state index in [2.05, 4.69) is 17.1 Å². The van der Waals surface area contributed by atoms with Crippen molar-refractivity contribution in [3.63, 3.8) is 0 Å². The molecular formula is C15H18ClN3OS. The fourth-order valence-corrected chi connectivity index (χ4v) is 3.17. The average Bonchev–Trinajstić information content (AvgIpc) is 2.97. The Balaban J connectivity index is 2.53. The lowest BCUT2D eigenvalue weighted by Gasteiger charge is -2.26. The van der Waals surface area contributed by atoms with Crippen LogP contribution in [0.5, 0.6) is 0 Å². The van der Waals surface area contributed by atoms with E-state index < -0.39 is 0 Å². The first-order valence-corrected chi connectivity index (χ1v) is 8.17. The Kier molecular flexibility index (Phi) is 5.31. The van der Waals surface area contributed by atoms with Crippen LogP contribution in [-0.2, 0) is 24.2 Å². The predicted molar refractivity (Wildman–Crippen MR) is 87.0 cm³/mol. The van der Waals surface area contributed by atoms with Gasteiger partial charge in [-0.2, -0.15) is 0 Å². The molecule has 0 saturated heterocycles. The van der Waals surface area contributed by atoms with Crippen molar-refractivity contribution >= 4 is 34.5 Å². The Morgan fingerprint density at radius 2 is 2.10 bits per heavy atom. The van der Waals surface area contributed by atoms with E-state index in [-0.39, 0.29) is 5.91 Å². The fraction of sp³-hybridized carbons (Fsp3) is 0.400. The second-order valence-electron chi connectivity index (χ2n) is 4.68. The van der Waals surface area contributed by atoms with Gasteiger partial charge in [-0.05, 0) is 30.0 Å². The lowest BCUT2D eigenvalue weighted by molar-refractivity contribution is -0.116. The molecule has 0 aliphatic rings. The van der Waals surface area contributed by atoms with Crippen LogP contribution in [0.15, 0.2) is 17.6 Å². The monoisotopic (exact) mass is 323 g/mol. The second-order valence-corrected chi connectivity index (χ2v) is 6.00. The Morgan fingerprint density at radius 1 is 1.33 bits per heavy atom. The number of aromatic nitrogens is 2. The number of halogens is 1. The molecular weight excluding hydrogens is 306 g/mol. The highest BCUT2D eigenvalue weighted by Crippen LogP contribution is 2.33. The van der Waals surface area contributed by atoms with Crippen molar-refractivity contribution in [2.24, 2.45) is 0 Å². The average molecular weight is 324 g/mol. The molecule has 0 atom stereocenters. The molecule has 0 N–H and O–H groups in total. The molecule has 1 aromatic heterocycles. The van der Waals surface area contributed by atoms with E-state index in [1.807, 2.05) is 19.1 Å². The lowest BCUT2D eigenvalue weighted by Crippen LogP contribution is -2.30. The van der Waals surface area contributed by atoms with Gasteiger partial charge in [-0.25, -0.2) is 0 Å². The molecule has 0 saturated carbocycles. The van der Waals surface area contributed by atoms with Crippen molar-refractivity contribution in [3.05, 3.63) is 38.8 Å². The van der Waals surface area contributed by atoms with Crippen LogP contribution in [0.4, 0.5) is 5.69 Å². The highest BCUT2D eigenvalue weighted by Gasteiger charge is 2.21. The number of rotatable bonds is 5. The van der Waals surface area contributed by atoms with Gasteiger partial charge in [0, 0.05) is 11.9 Å². The van der Waals surface area contributed by atoms with Crippen LogP contribution in [0, 0.1) is 0 Å². The summed E-state index contributed by atoms with van der Waals surface area (Å²) in [6.07, 6.45) is 1.63. The molecule has 1 aromatic carbocycles. The third-order valence-electron chi connectivity index (χ3n) is 3.39. The molecule has 21 heavy (non-hydrogen) atoms. The number of aryl methyl sites for hydroxylation is 1. The Labute approximate surface area is 133 Å². The minimum absolute atomic E-state index is 0.0168. The maximum absolute atomic E-state index is 12.2. The number of anilines is 1. The Hall–Kier alpha value is -1.46. The molecule has 0 aliphatic carbocycles. The standard InChI is InChI=1S/C15H18ClN3OS/c1-4-11-6-7-13(16)12(5-2)15(11)19(10(3)20)8-14-18-17-9-21-14/h6-7,9H,4-5,8H2,1-3H3. The van der Waals surface area contributed by atoms with Crippen molar-refractivity contribution in [2.45, 2.75) is 40.2 Å². The minimum atomic E-state index is -0.0168. The zero-order valence-electron chi connectivity index (χ0n) is 12.4. The first-order valence-electron chi connectivity index (χ1n) is 6.91. The first-order chi connectivity index (χ1) is 10.1. The van der Waals surface area contributed by atoms with Crippen molar-refractivity contribution < 1.29 is 4.79 Å². The van der Waals surface area contributed by atoms with Gasteiger partial charge in [-0.1, -0.05) is 31.5 Å². The summed E-state index contributed by atoms with van der Waals surface area (Å²) in [7, 11) is 0. The summed E-state index contributed by atoms with van der Waals surface area (Å²) in [6.45, 7) is 6.13. The van der Waals surface area contributed by atoms with Crippen LogP contribution < -0.4 is 4.90 Å². The minimum Gasteiger partial charge on any atom is -0.305 e. The normalized spacial score (nSPS) is 10.7. The number of benzene rings is 1. The van der Waals surface area contributed by atoms with Crippen LogP contribution in [0.3, 0.4) is 0 Å². The molecule has 2 aromatic rings. The van der Waals surface area contributed by atoms with E-state index in [4.69, 9.17) is 11.6 Å². The summed E-state index contributed by atoms with van der Waals surface area (Å²) >= 11 is 7.77. The molecule has 0 radical (unpaired) electrons. The van der Waals surface area contributed by atoms with Crippen molar-refractivity contribution in [1.82, 2.24) is 10.2 Å². The number of amides is 1. The van der Waals surface area contributed by atoms with Gasteiger partial charge in [0.2, 0.25) is 5.91 Å². The summed E-state index contributed by atoms with van der Waals surface area (Å²) in [5.41, 5.74) is 4.73. The quantitative estimate of drug-likeness (QED) is 0.839. The molecule has 0 spiro atoms. The van der Waals surface area contributed by atoms with Crippen LogP contribution in [0.2, 0.25) is 5.02 Å². The Morgan fingerprint density at radius 3 is 2.62 bits per heavy atom. The predicted octanol–water partition coefficient (Wildman–Crippen LogP) is 3.87. The maximum atomic E-state index is 12.2. The van der Waals surface area contributed by atoms with Crippen molar-refractivity contribution in [3.8, 4) is 0 Å². The van der Waals surface area contributed by atoms with Crippen LogP contribution in [0.25, 0.3) is 0 Å². The summed E-state index contributed by atoms with van der Waals surface area (Å²) < 4.78 is 0. The number of hydrogen-bond donors (Lipinski definition) is 0. The molecule has 1 heterocycles. The third-order valence-corrected chi connectivity index (χ3v) is 4.43. The zero-order valence-corrected chi connectivity index (χ0v) is 14.0. The van der Waals surface area contributed by atoms with Gasteiger partial charge in [-0.3, -0.25) is 4.79 Å². The van der Waals surface area contributed by atoms with E-state index in [0.29, 0.717) is 11.6 Å². The molecule has 2 rings (SSSR count). The molecule has 1 amide bonds. The van der Waals surface area contributed by atoms with Gasteiger partial charge in [-0.15, -0.1) is 21.5 Å². The van der Waals surface area contributed by atoms with E-state index in [1.54, 1.807) is 17.3 Å². The van der Waals surface area contributed by atoms with Crippen LogP contribution in [0.1, 0.15) is 36.9 Å². The fourth-order valence-electron chi connectivity index (χ4n) is 2.37. The second kappa shape index (κ2) is 7.00. The summed E-state index contributed by atoms with van der Waals surface area (Å²) in [6, 6.07) is 3.90. The lowest BCUT2D eigenvalue weighted by atomic mass is 10.0. The number of carbonyl (C=O) groups excluding carboxylic acids is 1. The van der Waals surface area contributed by atoms with Gasteiger partial charge in [0.05, 0.1) is 12.2 Å². The largest absolute Gasteiger partial charge is 0.305 e. The number of hydrogen-bond acceptors (Lipinski definition) is 4. The molecule has 0 bridgehead atoms. The highest BCUT2D eigenvalue weighted by molar-refractivity contribution is 7.09. The maximum Gasteiger partial charge on any atom is 0.224 e. The topological polar surface area (TPSA) is 46.1 Å². The highest BCUT2D eigenvalue weighted by atomic mass is 35.5. The van der Waals surface area contributed by atoms with Gasteiger partial charge in [0.15, 0.2) is 0 Å². The van der Waals surface area contributed by atoms with Gasteiger partial charge in [0.1, 0.15) is 10.5 Å². The van der Waals surface area contributed by atoms with E-state index >= 15 is 0 Å². The third kappa shape index (κ3) is 3.41. The molecule has 112 valence electrons. The zero-order chi connectivity index (χ0) is 15.4. The molecule has 6 heteroatoms. The Bertz CT molecular complexity index is 628. The van der Waals surface area contributed by atoms with Crippen LogP contribution >= 0.6 is 22.9 Å². The smallest absolute Gasteiger partial charge is 0.224 e. The molecule has 0 unspecified atom stereocenters. The number of nitrogens with zero attached hydrogens (tertiary/aromatic N) is 3. The van der Waals surface area contributed by atoms with Crippen LogP contribution in [-0.4, -0.2) is 16.1 Å². The summed E-state index contributed by atoms with van der Waals surface area (Å²) in [5, 5.41) is 9.39. The van der Waals surface area contributed by atoms with Crippen molar-refractivity contribution in [1.29, 1.82) is 0 Å². The molecule has 0 aliphatic heterocycles. The summed E-state index contributed by atoms with van der Waals surface area (Å²) in [5.74, 6) is -0.0168.